The maximum absolute atomic E-state index is 12.1. The monoisotopic (exact) mass is 360 g/mol. The van der Waals surface area contributed by atoms with Crippen molar-refractivity contribution < 1.29 is 14.3 Å². The lowest BCUT2D eigenvalue weighted by molar-refractivity contribution is -0.122. The number of nitrogens with one attached hydrogen (secondary N) is 1. The number of benzene rings is 1. The van der Waals surface area contributed by atoms with Gasteiger partial charge in [-0.3, -0.25) is 0 Å². The number of hydrogen-bond donors (Lipinski definition) is 1. The van der Waals surface area contributed by atoms with E-state index in [0.717, 1.165) is 70.5 Å². The maximum Gasteiger partial charge on any atom is 0.317 e. The topological polar surface area (TPSA) is 50.8 Å². The summed E-state index contributed by atoms with van der Waals surface area (Å²) >= 11 is 0. The van der Waals surface area contributed by atoms with Crippen LogP contribution in [0, 0.1) is 5.92 Å². The minimum Gasteiger partial charge on any atom is -0.497 e. The third-order valence-electron chi connectivity index (χ3n) is 5.77. The summed E-state index contributed by atoms with van der Waals surface area (Å²) in [6.45, 7) is 5.25. The van der Waals surface area contributed by atoms with Gasteiger partial charge in [-0.15, -0.1) is 0 Å². The highest BCUT2D eigenvalue weighted by Gasteiger charge is 2.41. The fourth-order valence-corrected chi connectivity index (χ4v) is 4.21. The lowest BCUT2D eigenvalue weighted by Gasteiger charge is -2.46. The summed E-state index contributed by atoms with van der Waals surface area (Å²) in [6, 6.07) is 8.49. The quantitative estimate of drug-likeness (QED) is 0.872. The Kier molecular flexibility index (Phi) is 6.41. The number of rotatable bonds is 5. The van der Waals surface area contributed by atoms with E-state index in [0.29, 0.717) is 5.92 Å². The molecule has 0 radical (unpaired) electrons. The molecule has 2 aliphatic heterocycles. The average molecular weight is 360 g/mol. The number of urea groups is 1. The van der Waals surface area contributed by atoms with Crippen LogP contribution in [0.5, 0.6) is 5.75 Å². The first-order chi connectivity index (χ1) is 12.6. The zero-order valence-electron chi connectivity index (χ0n) is 16.1. The zero-order valence-corrected chi connectivity index (χ0v) is 16.1. The minimum absolute atomic E-state index is 0.0308. The first-order valence-corrected chi connectivity index (χ1v) is 9.94. The smallest absolute Gasteiger partial charge is 0.317 e. The summed E-state index contributed by atoms with van der Waals surface area (Å²) in [5.41, 5.74) is 1.33. The van der Waals surface area contributed by atoms with Crippen molar-refractivity contribution in [2.45, 2.75) is 51.0 Å². The summed E-state index contributed by atoms with van der Waals surface area (Å²) < 4.78 is 11.5. The van der Waals surface area contributed by atoms with E-state index in [2.05, 4.69) is 24.4 Å². The van der Waals surface area contributed by atoms with E-state index >= 15 is 0 Å². The van der Waals surface area contributed by atoms with Gasteiger partial charge in [0, 0.05) is 26.2 Å². The lowest BCUT2D eigenvalue weighted by Crippen LogP contribution is -2.53. The fourth-order valence-electron chi connectivity index (χ4n) is 4.21. The van der Waals surface area contributed by atoms with E-state index in [-0.39, 0.29) is 11.6 Å². The second-order valence-corrected chi connectivity index (χ2v) is 7.66. The molecule has 2 heterocycles. The number of amides is 2. The van der Waals surface area contributed by atoms with Gasteiger partial charge in [0.2, 0.25) is 0 Å². The van der Waals surface area contributed by atoms with Gasteiger partial charge in [0.1, 0.15) is 5.75 Å². The molecule has 3 rings (SSSR count). The molecule has 1 atom stereocenters. The first kappa shape index (κ1) is 19.0. The van der Waals surface area contributed by atoms with Gasteiger partial charge in [-0.05, 0) is 62.1 Å². The van der Waals surface area contributed by atoms with Gasteiger partial charge in [-0.2, -0.15) is 0 Å². The molecule has 26 heavy (non-hydrogen) atoms. The molecule has 5 nitrogen and oxygen atoms in total. The van der Waals surface area contributed by atoms with Gasteiger partial charge in [0.25, 0.3) is 0 Å². The van der Waals surface area contributed by atoms with Crippen LogP contribution in [0.2, 0.25) is 0 Å². The van der Waals surface area contributed by atoms with Crippen molar-refractivity contribution in [3.8, 4) is 5.75 Å². The maximum atomic E-state index is 12.1. The highest BCUT2D eigenvalue weighted by atomic mass is 16.5. The summed E-state index contributed by atoms with van der Waals surface area (Å²) in [5, 5.41) is 2.98. The highest BCUT2D eigenvalue weighted by Crippen LogP contribution is 2.38. The third kappa shape index (κ3) is 4.70. The number of carbonyl (C=O) groups excluding carboxylic acids is 1. The first-order valence-electron chi connectivity index (χ1n) is 9.94. The number of nitrogens with zero attached hydrogens (tertiary/aromatic N) is 1. The molecule has 2 amide bonds. The van der Waals surface area contributed by atoms with Crippen molar-refractivity contribution in [3.05, 3.63) is 29.8 Å². The second kappa shape index (κ2) is 8.76. The van der Waals surface area contributed by atoms with Crippen LogP contribution in [-0.4, -0.2) is 49.9 Å². The van der Waals surface area contributed by atoms with E-state index < -0.39 is 0 Å². The average Bonchev–Trinajstić information content (AvgIpc) is 2.67. The Bertz CT molecular complexity index is 579. The molecule has 144 valence electrons. The van der Waals surface area contributed by atoms with Crippen LogP contribution < -0.4 is 10.1 Å². The minimum atomic E-state index is -0.0308. The van der Waals surface area contributed by atoms with Crippen molar-refractivity contribution in [1.29, 1.82) is 0 Å². The SMILES string of the molecule is CCCNC(=O)N1CCC2(CC1)CC(Cc1ccc(OC)cc1)CCO2. The van der Waals surface area contributed by atoms with E-state index in [9.17, 15) is 4.79 Å². The van der Waals surface area contributed by atoms with Gasteiger partial charge >= 0.3 is 6.03 Å². The van der Waals surface area contributed by atoms with Crippen molar-refractivity contribution in [3.63, 3.8) is 0 Å². The van der Waals surface area contributed by atoms with Crippen molar-refractivity contribution in [1.82, 2.24) is 10.2 Å². The van der Waals surface area contributed by atoms with Gasteiger partial charge < -0.3 is 19.7 Å². The predicted molar refractivity (Wildman–Crippen MR) is 103 cm³/mol. The Morgan fingerprint density at radius 3 is 2.69 bits per heavy atom. The molecule has 1 unspecified atom stereocenters. The highest BCUT2D eigenvalue weighted by molar-refractivity contribution is 5.74. The molecule has 0 saturated carbocycles. The van der Waals surface area contributed by atoms with Gasteiger partial charge in [-0.1, -0.05) is 19.1 Å². The largest absolute Gasteiger partial charge is 0.497 e. The van der Waals surface area contributed by atoms with Crippen LogP contribution in [0.4, 0.5) is 4.79 Å². The third-order valence-corrected chi connectivity index (χ3v) is 5.77. The van der Waals surface area contributed by atoms with E-state index in [4.69, 9.17) is 9.47 Å². The number of hydrogen-bond acceptors (Lipinski definition) is 3. The lowest BCUT2D eigenvalue weighted by atomic mass is 9.77. The Morgan fingerprint density at radius 1 is 1.31 bits per heavy atom. The molecule has 2 saturated heterocycles. The molecular formula is C21H32N2O3. The normalized spacial score (nSPS) is 22.2. The van der Waals surface area contributed by atoms with Crippen LogP contribution >= 0.6 is 0 Å². The van der Waals surface area contributed by atoms with Crippen molar-refractivity contribution >= 4 is 6.03 Å². The molecule has 0 bridgehead atoms. The van der Waals surface area contributed by atoms with Crippen molar-refractivity contribution in [2.75, 3.05) is 33.4 Å². The van der Waals surface area contributed by atoms with Crippen LogP contribution in [0.3, 0.4) is 0 Å². The number of likely N-dealkylation sites (tertiary alicyclic amines) is 1. The molecule has 1 aromatic rings. The summed E-state index contributed by atoms with van der Waals surface area (Å²) in [5.74, 6) is 1.56. The van der Waals surface area contributed by atoms with E-state index in [1.165, 1.54) is 5.56 Å². The van der Waals surface area contributed by atoms with Crippen molar-refractivity contribution in [2.24, 2.45) is 5.92 Å². The number of piperidine rings is 1. The Labute approximate surface area is 157 Å². The van der Waals surface area contributed by atoms with Gasteiger partial charge in [0.15, 0.2) is 0 Å². The summed E-state index contributed by atoms with van der Waals surface area (Å²) in [6.07, 6.45) is 6.19. The number of ether oxygens (including phenoxy) is 2. The molecular weight excluding hydrogens is 328 g/mol. The Balaban J connectivity index is 1.52. The number of methoxy groups -OCH3 is 1. The summed E-state index contributed by atoms with van der Waals surface area (Å²) in [4.78, 5) is 14.1. The summed E-state index contributed by atoms with van der Waals surface area (Å²) in [7, 11) is 1.70. The van der Waals surface area contributed by atoms with Crippen LogP contribution in [0.25, 0.3) is 0 Å². The van der Waals surface area contributed by atoms with E-state index in [1.807, 2.05) is 17.0 Å². The molecule has 5 heteroatoms. The molecule has 1 aromatic carbocycles. The van der Waals surface area contributed by atoms with Crippen LogP contribution in [0.15, 0.2) is 24.3 Å². The standard InChI is InChI=1S/C21H32N2O3/c1-3-11-22-20(24)23-12-9-21(10-13-23)16-18(8-14-26-21)15-17-4-6-19(25-2)7-5-17/h4-7,18H,3,8-16H2,1-2H3,(H,22,24). The molecule has 1 spiro atoms. The predicted octanol–water partition coefficient (Wildman–Crippen LogP) is 3.62. The van der Waals surface area contributed by atoms with Crippen LogP contribution in [-0.2, 0) is 11.2 Å². The molecule has 2 fully saturated rings. The van der Waals surface area contributed by atoms with Gasteiger partial charge in [-0.25, -0.2) is 4.79 Å². The Morgan fingerprint density at radius 2 is 2.04 bits per heavy atom. The van der Waals surface area contributed by atoms with E-state index in [1.54, 1.807) is 7.11 Å². The molecule has 0 aliphatic carbocycles. The Hall–Kier alpha value is -1.75. The fraction of sp³-hybridized carbons (Fsp3) is 0.667. The molecule has 1 N–H and O–H groups in total. The van der Waals surface area contributed by atoms with Gasteiger partial charge in [0.05, 0.1) is 12.7 Å². The van der Waals surface area contributed by atoms with Crippen LogP contribution in [0.1, 0.15) is 44.6 Å². The molecule has 0 aromatic heterocycles. The molecule has 2 aliphatic rings. The second-order valence-electron chi connectivity index (χ2n) is 7.66. The number of carbonyl (C=O) groups is 1. The zero-order chi connectivity index (χ0) is 18.4.